The molecule has 2 aromatic carbocycles. The van der Waals surface area contributed by atoms with Crippen LogP contribution >= 0.6 is 11.8 Å². The van der Waals surface area contributed by atoms with Crippen LogP contribution in [0.3, 0.4) is 0 Å². The van der Waals surface area contributed by atoms with Gasteiger partial charge in [-0.1, -0.05) is 29.8 Å². The molecule has 0 aromatic heterocycles. The molecule has 112 valence electrons. The van der Waals surface area contributed by atoms with Crippen LogP contribution in [0.25, 0.3) is 0 Å². The second-order valence-electron chi connectivity index (χ2n) is 5.09. The largest absolute Gasteiger partial charge is 0.325 e. The Hall–Kier alpha value is -2.25. The first kappa shape index (κ1) is 16.1. The number of amides is 1. The first-order chi connectivity index (χ1) is 10.6. The van der Waals surface area contributed by atoms with E-state index >= 15 is 0 Å². The van der Waals surface area contributed by atoms with E-state index in [1.54, 1.807) is 0 Å². The van der Waals surface area contributed by atoms with Crippen LogP contribution in [0, 0.1) is 18.3 Å². The van der Waals surface area contributed by atoms with E-state index < -0.39 is 0 Å². The maximum absolute atomic E-state index is 12.2. The number of carbonyl (C=O) groups excluding carboxylic acids is 1. The molecule has 4 heteroatoms. The van der Waals surface area contributed by atoms with E-state index in [9.17, 15) is 4.79 Å². The highest BCUT2D eigenvalue weighted by molar-refractivity contribution is 8.00. The number of hydrogen-bond acceptors (Lipinski definition) is 3. The molecule has 0 radical (unpaired) electrons. The molecule has 0 saturated carbocycles. The maximum Gasteiger partial charge on any atom is 0.237 e. The molecule has 0 bridgehead atoms. The van der Waals surface area contributed by atoms with E-state index in [1.165, 1.54) is 17.3 Å². The van der Waals surface area contributed by atoms with Crippen molar-refractivity contribution in [1.29, 1.82) is 5.26 Å². The third-order valence-electron chi connectivity index (χ3n) is 3.21. The zero-order chi connectivity index (χ0) is 15.9. The predicted octanol–water partition coefficient (Wildman–Crippen LogP) is 4.18. The number of thioether (sulfide) groups is 1. The molecule has 0 aliphatic heterocycles. The van der Waals surface area contributed by atoms with Crippen molar-refractivity contribution in [3.8, 4) is 6.07 Å². The molecule has 1 atom stereocenters. The molecular weight excluding hydrogens is 292 g/mol. The fourth-order valence-electron chi connectivity index (χ4n) is 1.92. The van der Waals surface area contributed by atoms with E-state index in [-0.39, 0.29) is 11.2 Å². The molecule has 3 nitrogen and oxygen atoms in total. The number of nitriles is 1. The zero-order valence-electron chi connectivity index (χ0n) is 12.7. The van der Waals surface area contributed by atoms with Crippen molar-refractivity contribution >= 4 is 23.4 Å². The summed E-state index contributed by atoms with van der Waals surface area (Å²) in [5, 5.41) is 11.4. The summed E-state index contributed by atoms with van der Waals surface area (Å²) < 4.78 is 0. The van der Waals surface area contributed by atoms with Gasteiger partial charge in [-0.2, -0.15) is 5.26 Å². The number of carbonyl (C=O) groups is 1. The summed E-state index contributed by atoms with van der Waals surface area (Å²) in [6.07, 6.45) is 0.383. The van der Waals surface area contributed by atoms with Crippen molar-refractivity contribution in [2.24, 2.45) is 0 Å². The topological polar surface area (TPSA) is 52.9 Å². The van der Waals surface area contributed by atoms with E-state index in [4.69, 9.17) is 5.26 Å². The van der Waals surface area contributed by atoms with Gasteiger partial charge in [0.05, 0.1) is 17.7 Å². The van der Waals surface area contributed by atoms with Crippen molar-refractivity contribution in [3.05, 3.63) is 59.7 Å². The van der Waals surface area contributed by atoms with Gasteiger partial charge in [0.15, 0.2) is 0 Å². The minimum absolute atomic E-state index is 0.0291. The van der Waals surface area contributed by atoms with Gasteiger partial charge in [-0.15, -0.1) is 11.8 Å². The highest BCUT2D eigenvalue weighted by Crippen LogP contribution is 2.24. The fourth-order valence-corrected chi connectivity index (χ4v) is 2.78. The normalized spacial score (nSPS) is 11.5. The number of aryl methyl sites for hydroxylation is 1. The third-order valence-corrected chi connectivity index (χ3v) is 4.32. The molecule has 0 aliphatic rings. The molecule has 0 aliphatic carbocycles. The molecule has 1 N–H and O–H groups in total. The van der Waals surface area contributed by atoms with Crippen LogP contribution in [0.15, 0.2) is 53.4 Å². The van der Waals surface area contributed by atoms with Gasteiger partial charge in [0, 0.05) is 10.6 Å². The molecule has 2 rings (SSSR count). The van der Waals surface area contributed by atoms with E-state index in [0.29, 0.717) is 6.42 Å². The van der Waals surface area contributed by atoms with Crippen LogP contribution < -0.4 is 5.32 Å². The SMILES string of the molecule is Cc1ccc(S[C@@H](C)C(=O)Nc2ccc(CC#N)cc2)cc1. The Bertz CT molecular complexity index is 672. The Balaban J connectivity index is 1.93. The number of nitrogens with one attached hydrogen (secondary N) is 1. The van der Waals surface area contributed by atoms with Gasteiger partial charge in [-0.25, -0.2) is 0 Å². The highest BCUT2D eigenvalue weighted by Gasteiger charge is 2.14. The summed E-state index contributed by atoms with van der Waals surface area (Å²) >= 11 is 1.54. The maximum atomic E-state index is 12.2. The lowest BCUT2D eigenvalue weighted by molar-refractivity contribution is -0.115. The van der Waals surface area contributed by atoms with Crippen molar-refractivity contribution in [2.75, 3.05) is 5.32 Å². The quantitative estimate of drug-likeness (QED) is 0.843. The Morgan fingerprint density at radius 3 is 2.41 bits per heavy atom. The Kier molecular flexibility index (Phi) is 5.62. The van der Waals surface area contributed by atoms with Gasteiger partial charge in [0.25, 0.3) is 0 Å². The molecule has 0 fully saturated rings. The van der Waals surface area contributed by atoms with E-state index in [0.717, 1.165) is 16.1 Å². The average Bonchev–Trinajstić information content (AvgIpc) is 2.51. The fraction of sp³-hybridized carbons (Fsp3) is 0.222. The van der Waals surface area contributed by atoms with E-state index in [1.807, 2.05) is 62.4 Å². The Morgan fingerprint density at radius 2 is 1.82 bits per heavy atom. The van der Waals surface area contributed by atoms with Crippen molar-refractivity contribution < 1.29 is 4.79 Å². The summed E-state index contributed by atoms with van der Waals surface area (Å²) in [5.41, 5.74) is 2.91. The van der Waals surface area contributed by atoms with Gasteiger partial charge in [-0.3, -0.25) is 4.79 Å². The van der Waals surface area contributed by atoms with Crippen LogP contribution in [-0.2, 0) is 11.2 Å². The molecular formula is C18H18N2OS. The predicted molar refractivity (Wildman–Crippen MR) is 90.9 cm³/mol. The van der Waals surface area contributed by atoms with Crippen LogP contribution in [0.2, 0.25) is 0 Å². The first-order valence-corrected chi connectivity index (χ1v) is 7.96. The van der Waals surface area contributed by atoms with Gasteiger partial charge in [-0.05, 0) is 43.7 Å². The van der Waals surface area contributed by atoms with Crippen molar-refractivity contribution in [3.63, 3.8) is 0 Å². The van der Waals surface area contributed by atoms with Gasteiger partial charge in [0.1, 0.15) is 0 Å². The minimum Gasteiger partial charge on any atom is -0.325 e. The van der Waals surface area contributed by atoms with Crippen LogP contribution in [0.5, 0.6) is 0 Å². The lowest BCUT2D eigenvalue weighted by atomic mass is 10.1. The van der Waals surface area contributed by atoms with E-state index in [2.05, 4.69) is 11.4 Å². The van der Waals surface area contributed by atoms with Gasteiger partial charge >= 0.3 is 0 Å². The van der Waals surface area contributed by atoms with Crippen LogP contribution in [-0.4, -0.2) is 11.2 Å². The summed E-state index contributed by atoms with van der Waals surface area (Å²) in [5.74, 6) is -0.0291. The molecule has 22 heavy (non-hydrogen) atoms. The summed E-state index contributed by atoms with van der Waals surface area (Å²) in [6.45, 7) is 3.93. The molecule has 2 aromatic rings. The van der Waals surface area contributed by atoms with Crippen LogP contribution in [0.1, 0.15) is 18.1 Å². The second-order valence-corrected chi connectivity index (χ2v) is 6.51. The molecule has 0 saturated heterocycles. The van der Waals surface area contributed by atoms with Gasteiger partial charge in [0.2, 0.25) is 5.91 Å². The molecule has 0 heterocycles. The minimum atomic E-state index is -0.179. The molecule has 0 unspecified atom stereocenters. The first-order valence-electron chi connectivity index (χ1n) is 7.08. The van der Waals surface area contributed by atoms with Crippen LogP contribution in [0.4, 0.5) is 5.69 Å². The number of benzene rings is 2. The number of anilines is 1. The second kappa shape index (κ2) is 7.67. The number of nitrogens with zero attached hydrogens (tertiary/aromatic N) is 1. The molecule has 1 amide bonds. The van der Waals surface area contributed by atoms with Gasteiger partial charge < -0.3 is 5.32 Å². The van der Waals surface area contributed by atoms with Crippen molar-refractivity contribution in [1.82, 2.24) is 0 Å². The average molecular weight is 310 g/mol. The summed E-state index contributed by atoms with van der Waals surface area (Å²) in [4.78, 5) is 13.3. The number of hydrogen-bond donors (Lipinski definition) is 1. The molecule has 0 spiro atoms. The zero-order valence-corrected chi connectivity index (χ0v) is 13.5. The Morgan fingerprint density at radius 1 is 1.18 bits per heavy atom. The highest BCUT2D eigenvalue weighted by atomic mass is 32.2. The summed E-state index contributed by atoms with van der Waals surface area (Å²) in [6, 6.07) is 17.6. The lowest BCUT2D eigenvalue weighted by Gasteiger charge is -2.12. The standard InChI is InChI=1S/C18H18N2OS/c1-13-3-9-17(10-4-13)22-14(2)18(21)20-16-7-5-15(6-8-16)11-12-19/h3-10,14H,11H2,1-2H3,(H,20,21)/t14-/m0/s1. The Labute approximate surface area is 135 Å². The smallest absolute Gasteiger partial charge is 0.237 e. The van der Waals surface area contributed by atoms with Crippen molar-refractivity contribution in [2.45, 2.75) is 30.4 Å². The lowest BCUT2D eigenvalue weighted by Crippen LogP contribution is -2.22. The third kappa shape index (κ3) is 4.64. The summed E-state index contributed by atoms with van der Waals surface area (Å²) in [7, 11) is 0. The monoisotopic (exact) mass is 310 g/mol. The number of rotatable bonds is 5.